The molecule has 2 rings (SSSR count). The van der Waals surface area contributed by atoms with E-state index in [0.29, 0.717) is 12.2 Å². The molecule has 2 aliphatic rings. The van der Waals surface area contributed by atoms with Crippen molar-refractivity contribution in [1.29, 1.82) is 0 Å². The van der Waals surface area contributed by atoms with E-state index in [0.717, 1.165) is 32.4 Å². The van der Waals surface area contributed by atoms with Gasteiger partial charge in [-0.3, -0.25) is 4.79 Å². The maximum absolute atomic E-state index is 11.0. The molecule has 0 atom stereocenters. The van der Waals surface area contributed by atoms with E-state index in [1.807, 2.05) is 6.08 Å². The molecule has 1 aliphatic heterocycles. The second kappa shape index (κ2) is 3.36. The molecule has 13 heavy (non-hydrogen) atoms. The van der Waals surface area contributed by atoms with E-state index in [1.165, 1.54) is 11.3 Å². The van der Waals surface area contributed by atoms with Crippen LogP contribution in [0.2, 0.25) is 0 Å². The van der Waals surface area contributed by atoms with Crippen molar-refractivity contribution < 1.29 is 4.79 Å². The summed E-state index contributed by atoms with van der Waals surface area (Å²) in [7, 11) is 0. The van der Waals surface area contributed by atoms with Crippen LogP contribution in [-0.4, -0.2) is 23.8 Å². The van der Waals surface area contributed by atoms with Crippen LogP contribution in [0.25, 0.3) is 0 Å². The summed E-state index contributed by atoms with van der Waals surface area (Å²) in [5.74, 6) is 0.291. The van der Waals surface area contributed by atoms with Gasteiger partial charge in [-0.2, -0.15) is 0 Å². The lowest BCUT2D eigenvalue weighted by atomic mass is 10.1. The van der Waals surface area contributed by atoms with E-state index in [-0.39, 0.29) is 0 Å². The summed E-state index contributed by atoms with van der Waals surface area (Å²) in [5, 5.41) is 0. The first kappa shape index (κ1) is 8.54. The summed E-state index contributed by atoms with van der Waals surface area (Å²) in [4.78, 5) is 13.4. The molecule has 0 aromatic heterocycles. The first-order valence-corrected chi connectivity index (χ1v) is 4.91. The largest absolute Gasteiger partial charge is 0.374 e. The Morgan fingerprint density at radius 3 is 2.38 bits per heavy atom. The number of likely N-dealkylation sites (tertiary alicyclic amines) is 1. The van der Waals surface area contributed by atoms with E-state index in [1.54, 1.807) is 0 Å². The molecule has 0 aromatic rings. The highest BCUT2D eigenvalue weighted by Crippen LogP contribution is 2.24. The van der Waals surface area contributed by atoms with E-state index < -0.39 is 0 Å². The topological polar surface area (TPSA) is 20.3 Å². The van der Waals surface area contributed by atoms with Gasteiger partial charge in [0, 0.05) is 31.3 Å². The number of ketones is 1. The number of nitrogens with zero attached hydrogens (tertiary/aromatic N) is 1. The molecular weight excluding hydrogens is 162 g/mol. The van der Waals surface area contributed by atoms with Gasteiger partial charge in [0.1, 0.15) is 0 Å². The maximum Gasteiger partial charge on any atom is 0.157 e. The molecule has 2 nitrogen and oxygen atoms in total. The zero-order valence-electron chi connectivity index (χ0n) is 7.88. The second-order valence-corrected chi connectivity index (χ2v) is 3.84. The Bertz CT molecular complexity index is 268. The lowest BCUT2D eigenvalue weighted by Gasteiger charge is -2.30. The molecule has 0 bridgehead atoms. The van der Waals surface area contributed by atoms with Crippen molar-refractivity contribution in [3.63, 3.8) is 0 Å². The Hall–Kier alpha value is -1.05. The highest BCUT2D eigenvalue weighted by atomic mass is 16.1. The van der Waals surface area contributed by atoms with Crippen LogP contribution in [0.1, 0.15) is 25.7 Å². The quantitative estimate of drug-likeness (QED) is 0.570. The van der Waals surface area contributed by atoms with Crippen molar-refractivity contribution in [2.75, 3.05) is 13.1 Å². The average Bonchev–Trinajstić information content (AvgIpc) is 2.53. The Balaban J connectivity index is 1.98. The van der Waals surface area contributed by atoms with E-state index in [9.17, 15) is 4.79 Å². The van der Waals surface area contributed by atoms with Gasteiger partial charge >= 0.3 is 0 Å². The van der Waals surface area contributed by atoms with E-state index >= 15 is 0 Å². The molecule has 0 unspecified atom stereocenters. The summed E-state index contributed by atoms with van der Waals surface area (Å²) >= 11 is 0. The van der Waals surface area contributed by atoms with Crippen LogP contribution >= 0.6 is 0 Å². The first-order valence-electron chi connectivity index (χ1n) is 4.91. The van der Waals surface area contributed by atoms with E-state index in [2.05, 4.69) is 11.5 Å². The van der Waals surface area contributed by atoms with Crippen LogP contribution in [0.5, 0.6) is 0 Å². The minimum Gasteiger partial charge on any atom is -0.374 e. The predicted octanol–water partition coefficient (Wildman–Crippen LogP) is 1.89. The van der Waals surface area contributed by atoms with Gasteiger partial charge in [0.25, 0.3) is 0 Å². The minimum atomic E-state index is 0.291. The van der Waals surface area contributed by atoms with Gasteiger partial charge < -0.3 is 4.90 Å². The van der Waals surface area contributed by atoms with Crippen LogP contribution in [0, 0.1) is 0 Å². The fourth-order valence-corrected chi connectivity index (χ4v) is 1.94. The van der Waals surface area contributed by atoms with Crippen LogP contribution < -0.4 is 0 Å². The van der Waals surface area contributed by atoms with Crippen molar-refractivity contribution in [1.82, 2.24) is 4.90 Å². The highest BCUT2D eigenvalue weighted by Gasteiger charge is 2.20. The monoisotopic (exact) mass is 177 g/mol. The van der Waals surface area contributed by atoms with Crippen LogP contribution in [0.15, 0.2) is 23.9 Å². The summed E-state index contributed by atoms with van der Waals surface area (Å²) in [6.45, 7) is 6.08. The fourth-order valence-electron chi connectivity index (χ4n) is 1.94. The maximum atomic E-state index is 11.0. The molecule has 2 heteroatoms. The Labute approximate surface area is 78.9 Å². The van der Waals surface area contributed by atoms with Gasteiger partial charge in [-0.1, -0.05) is 12.2 Å². The smallest absolute Gasteiger partial charge is 0.157 e. The summed E-state index contributed by atoms with van der Waals surface area (Å²) < 4.78 is 0. The van der Waals surface area contributed by atoms with Crippen LogP contribution in [-0.2, 0) is 4.79 Å². The summed E-state index contributed by atoms with van der Waals surface area (Å²) in [6.07, 6.45) is 5.66. The van der Waals surface area contributed by atoms with Gasteiger partial charge in [0.05, 0.1) is 0 Å². The first-order chi connectivity index (χ1) is 6.25. The van der Waals surface area contributed by atoms with Gasteiger partial charge in [-0.05, 0) is 19.3 Å². The standard InChI is InChI=1S/C11H15NO/c1-9-4-6-12(7-5-9)10-2-3-11(13)8-10/h8H,1-7H2. The summed E-state index contributed by atoms with van der Waals surface area (Å²) in [5.41, 5.74) is 2.60. The zero-order chi connectivity index (χ0) is 9.26. The Morgan fingerprint density at radius 1 is 1.15 bits per heavy atom. The minimum absolute atomic E-state index is 0.291. The molecule has 0 spiro atoms. The average molecular weight is 177 g/mol. The number of allylic oxidation sites excluding steroid dienone is 2. The fraction of sp³-hybridized carbons (Fsp3) is 0.545. The molecule has 0 saturated carbocycles. The molecule has 0 aromatic carbocycles. The van der Waals surface area contributed by atoms with Gasteiger partial charge in [-0.15, -0.1) is 0 Å². The highest BCUT2D eigenvalue weighted by molar-refractivity contribution is 5.92. The van der Waals surface area contributed by atoms with Crippen molar-refractivity contribution in [2.45, 2.75) is 25.7 Å². The van der Waals surface area contributed by atoms with Gasteiger partial charge in [0.2, 0.25) is 0 Å². The molecule has 70 valence electrons. The van der Waals surface area contributed by atoms with Crippen molar-refractivity contribution >= 4 is 5.78 Å². The third kappa shape index (κ3) is 1.82. The number of carbonyl (C=O) groups excluding carboxylic acids is 1. The third-order valence-electron chi connectivity index (χ3n) is 2.83. The van der Waals surface area contributed by atoms with Crippen molar-refractivity contribution in [2.24, 2.45) is 0 Å². The number of piperidine rings is 1. The number of hydrogen-bond acceptors (Lipinski definition) is 2. The van der Waals surface area contributed by atoms with Gasteiger partial charge in [0.15, 0.2) is 5.78 Å². The molecule has 0 radical (unpaired) electrons. The lowest BCUT2D eigenvalue weighted by molar-refractivity contribution is -0.114. The molecule has 1 fully saturated rings. The Morgan fingerprint density at radius 2 is 1.85 bits per heavy atom. The molecular formula is C11H15NO. The molecule has 0 amide bonds. The van der Waals surface area contributed by atoms with Gasteiger partial charge in [-0.25, -0.2) is 0 Å². The molecule has 1 heterocycles. The van der Waals surface area contributed by atoms with E-state index in [4.69, 9.17) is 0 Å². The summed E-state index contributed by atoms with van der Waals surface area (Å²) in [6, 6.07) is 0. The molecule has 1 saturated heterocycles. The predicted molar refractivity (Wildman–Crippen MR) is 52.3 cm³/mol. The number of carbonyl (C=O) groups is 1. The zero-order valence-corrected chi connectivity index (χ0v) is 7.88. The Kier molecular flexibility index (Phi) is 2.21. The lowest BCUT2D eigenvalue weighted by Crippen LogP contribution is -2.29. The SMILES string of the molecule is C=C1CCN(C2=CC(=O)CC2)CC1. The molecule has 1 aliphatic carbocycles. The van der Waals surface area contributed by atoms with Crippen LogP contribution in [0.4, 0.5) is 0 Å². The normalized spacial score (nSPS) is 23.7. The van der Waals surface area contributed by atoms with Crippen molar-refractivity contribution in [3.8, 4) is 0 Å². The van der Waals surface area contributed by atoms with Crippen LogP contribution in [0.3, 0.4) is 0 Å². The molecule has 0 N–H and O–H groups in total. The second-order valence-electron chi connectivity index (χ2n) is 3.84. The van der Waals surface area contributed by atoms with Crippen molar-refractivity contribution in [3.05, 3.63) is 23.9 Å². The number of hydrogen-bond donors (Lipinski definition) is 0. The third-order valence-corrected chi connectivity index (χ3v) is 2.83. The number of rotatable bonds is 1.